The molecule has 0 amide bonds. The lowest BCUT2D eigenvalue weighted by atomic mass is 10.2. The summed E-state index contributed by atoms with van der Waals surface area (Å²) in [5, 5.41) is 18.0. The summed E-state index contributed by atoms with van der Waals surface area (Å²) in [7, 11) is 0. The molecule has 6 nitrogen and oxygen atoms in total. The van der Waals surface area contributed by atoms with Crippen molar-refractivity contribution >= 4 is 17.3 Å². The largest absolute Gasteiger partial charge is 0.469 e. The first kappa shape index (κ1) is 14.6. The van der Waals surface area contributed by atoms with Gasteiger partial charge in [0.1, 0.15) is 11.8 Å². The second kappa shape index (κ2) is 5.91. The second-order valence-electron chi connectivity index (χ2n) is 5.19. The fourth-order valence-corrected chi connectivity index (χ4v) is 3.27. The average Bonchev–Trinajstić information content (AvgIpc) is 3.29. The third-order valence-electron chi connectivity index (χ3n) is 3.72. The van der Waals surface area contributed by atoms with Crippen molar-refractivity contribution in [2.24, 2.45) is 0 Å². The minimum Gasteiger partial charge on any atom is -0.469 e. The van der Waals surface area contributed by atoms with Crippen molar-refractivity contribution in [3.05, 3.63) is 59.8 Å². The number of hydrogen-bond acceptors (Lipinski definition) is 6. The zero-order valence-corrected chi connectivity index (χ0v) is 13.6. The van der Waals surface area contributed by atoms with E-state index in [1.807, 2.05) is 41.9 Å². The van der Waals surface area contributed by atoms with E-state index < -0.39 is 0 Å². The van der Waals surface area contributed by atoms with E-state index in [0.717, 1.165) is 22.4 Å². The van der Waals surface area contributed by atoms with Gasteiger partial charge in [0.05, 0.1) is 22.9 Å². The van der Waals surface area contributed by atoms with E-state index in [1.54, 1.807) is 12.3 Å². The zero-order chi connectivity index (χ0) is 16.5. The third kappa shape index (κ3) is 2.47. The number of fused-ring (bicyclic) bond motifs is 1. The Balaban J connectivity index is 1.57. The van der Waals surface area contributed by atoms with Crippen LogP contribution in [0, 0.1) is 18.3 Å². The Hall–Kier alpha value is -2.98. The van der Waals surface area contributed by atoms with E-state index in [2.05, 4.69) is 16.3 Å². The van der Waals surface area contributed by atoms with E-state index in [1.165, 1.54) is 11.8 Å². The topological polar surface area (TPSA) is 80.3 Å². The lowest BCUT2D eigenvalue weighted by Gasteiger charge is -1.95. The predicted octanol–water partition coefficient (Wildman–Crippen LogP) is 4.05. The number of aromatic nitrogens is 3. The first-order valence-electron chi connectivity index (χ1n) is 7.25. The molecule has 4 heterocycles. The molecule has 7 heteroatoms. The van der Waals surface area contributed by atoms with Crippen molar-refractivity contribution in [3.8, 4) is 17.5 Å². The Labute approximate surface area is 141 Å². The first-order valence-corrected chi connectivity index (χ1v) is 8.24. The molecule has 0 spiro atoms. The van der Waals surface area contributed by atoms with Crippen LogP contribution in [0.25, 0.3) is 17.0 Å². The van der Waals surface area contributed by atoms with Gasteiger partial charge in [0.25, 0.3) is 11.1 Å². The van der Waals surface area contributed by atoms with Gasteiger partial charge in [-0.05, 0) is 30.7 Å². The van der Waals surface area contributed by atoms with Crippen molar-refractivity contribution in [1.29, 1.82) is 5.26 Å². The summed E-state index contributed by atoms with van der Waals surface area (Å²) in [5.41, 5.74) is 3.30. The van der Waals surface area contributed by atoms with Crippen molar-refractivity contribution in [1.82, 2.24) is 14.6 Å². The van der Waals surface area contributed by atoms with Crippen molar-refractivity contribution in [3.63, 3.8) is 0 Å². The normalized spacial score (nSPS) is 11.0. The number of nitriles is 1. The lowest BCUT2D eigenvalue weighted by molar-refractivity contribution is 0.463. The van der Waals surface area contributed by atoms with Crippen molar-refractivity contribution in [2.75, 3.05) is 0 Å². The van der Waals surface area contributed by atoms with Crippen LogP contribution in [0.5, 0.6) is 0 Å². The summed E-state index contributed by atoms with van der Waals surface area (Å²) in [4.78, 5) is 0. The van der Waals surface area contributed by atoms with E-state index in [0.29, 0.717) is 22.4 Å². The van der Waals surface area contributed by atoms with E-state index in [4.69, 9.17) is 8.83 Å². The highest BCUT2D eigenvalue weighted by Gasteiger charge is 2.15. The van der Waals surface area contributed by atoms with E-state index in [9.17, 15) is 5.26 Å². The number of aryl methyl sites for hydroxylation is 1. The molecule has 4 rings (SSSR count). The summed E-state index contributed by atoms with van der Waals surface area (Å²) < 4.78 is 12.9. The van der Waals surface area contributed by atoms with Gasteiger partial charge in [0, 0.05) is 18.1 Å². The number of furan rings is 1. The summed E-state index contributed by atoms with van der Waals surface area (Å²) >= 11 is 1.41. The Morgan fingerprint density at radius 2 is 2.21 bits per heavy atom. The number of rotatable bonds is 4. The third-order valence-corrected chi connectivity index (χ3v) is 4.59. The molecule has 0 saturated carbocycles. The number of hydrogen-bond donors (Lipinski definition) is 0. The molecule has 0 unspecified atom stereocenters. The van der Waals surface area contributed by atoms with Crippen LogP contribution in [-0.2, 0) is 5.75 Å². The molecule has 0 radical (unpaired) electrons. The highest BCUT2D eigenvalue weighted by atomic mass is 32.2. The summed E-state index contributed by atoms with van der Waals surface area (Å²) in [5.74, 6) is 1.75. The monoisotopic (exact) mass is 336 g/mol. The highest BCUT2D eigenvalue weighted by Crippen LogP contribution is 2.29. The molecule has 0 saturated heterocycles. The molecule has 0 aliphatic heterocycles. The van der Waals surface area contributed by atoms with Gasteiger partial charge >= 0.3 is 0 Å². The maximum Gasteiger partial charge on any atom is 0.277 e. The van der Waals surface area contributed by atoms with Gasteiger partial charge in [-0.25, -0.2) is 0 Å². The minimum absolute atomic E-state index is 0.436. The molecule has 0 bridgehead atoms. The van der Waals surface area contributed by atoms with Gasteiger partial charge in [-0.1, -0.05) is 17.8 Å². The molecule has 0 aliphatic carbocycles. The van der Waals surface area contributed by atoms with Gasteiger partial charge in [-0.15, -0.1) is 10.2 Å². The smallest absolute Gasteiger partial charge is 0.277 e. The Morgan fingerprint density at radius 1 is 1.29 bits per heavy atom. The van der Waals surface area contributed by atoms with E-state index >= 15 is 0 Å². The minimum atomic E-state index is 0.436. The van der Waals surface area contributed by atoms with Crippen molar-refractivity contribution in [2.45, 2.75) is 17.9 Å². The zero-order valence-electron chi connectivity index (χ0n) is 12.8. The van der Waals surface area contributed by atoms with Crippen LogP contribution in [-0.4, -0.2) is 14.6 Å². The summed E-state index contributed by atoms with van der Waals surface area (Å²) in [6, 6.07) is 9.86. The number of thioether (sulfide) groups is 1. The quantitative estimate of drug-likeness (QED) is 0.523. The molecule has 24 heavy (non-hydrogen) atoms. The lowest BCUT2D eigenvalue weighted by Crippen LogP contribution is -1.82. The average molecular weight is 336 g/mol. The molecular formula is C17H12N4O2S. The van der Waals surface area contributed by atoms with Gasteiger partial charge < -0.3 is 13.2 Å². The van der Waals surface area contributed by atoms with Crippen LogP contribution in [0.2, 0.25) is 0 Å². The van der Waals surface area contributed by atoms with Gasteiger partial charge in [-0.2, -0.15) is 5.26 Å². The first-order chi connectivity index (χ1) is 11.8. The van der Waals surface area contributed by atoms with Crippen LogP contribution in [0.4, 0.5) is 0 Å². The summed E-state index contributed by atoms with van der Waals surface area (Å²) in [6.07, 6.45) is 5.48. The molecule has 0 N–H and O–H groups in total. The van der Waals surface area contributed by atoms with Crippen molar-refractivity contribution < 1.29 is 8.83 Å². The van der Waals surface area contributed by atoms with E-state index in [-0.39, 0.29) is 0 Å². The van der Waals surface area contributed by atoms with Crippen LogP contribution >= 0.6 is 11.8 Å². The Bertz CT molecular complexity index is 1050. The van der Waals surface area contributed by atoms with Crippen LogP contribution in [0.15, 0.2) is 57.0 Å². The Kier molecular flexibility index (Phi) is 3.59. The number of nitrogens with zero attached hydrogens (tertiary/aromatic N) is 4. The Morgan fingerprint density at radius 3 is 3.00 bits per heavy atom. The number of pyridine rings is 1. The molecule has 0 aliphatic rings. The fourth-order valence-electron chi connectivity index (χ4n) is 2.54. The molecule has 0 atom stereocenters. The predicted molar refractivity (Wildman–Crippen MR) is 88.4 cm³/mol. The van der Waals surface area contributed by atoms with Crippen LogP contribution in [0.3, 0.4) is 0 Å². The maximum absolute atomic E-state index is 9.43. The van der Waals surface area contributed by atoms with Gasteiger partial charge in [0.2, 0.25) is 0 Å². The van der Waals surface area contributed by atoms with Gasteiger partial charge in [-0.3, -0.25) is 0 Å². The summed E-state index contributed by atoms with van der Waals surface area (Å²) in [6.45, 7) is 1.85. The fraction of sp³-hybridized carbons (Fsp3) is 0.118. The second-order valence-corrected chi connectivity index (χ2v) is 6.11. The standard InChI is InChI=1S/C17H12N4O2S/c1-11-13(5-7-22-11)16-19-20-17(23-16)24-10-12-9-21-6-3-2-4-15(21)14(12)8-18/h2-7,9H,10H2,1H3. The highest BCUT2D eigenvalue weighted by molar-refractivity contribution is 7.98. The SMILES string of the molecule is Cc1occc1-c1nnc(SCc2cn3ccccc3c2C#N)o1. The molecule has 118 valence electrons. The molecular weight excluding hydrogens is 324 g/mol. The maximum atomic E-state index is 9.43. The van der Waals surface area contributed by atoms with Crippen LogP contribution < -0.4 is 0 Å². The molecule has 4 aromatic heterocycles. The van der Waals surface area contributed by atoms with Gasteiger partial charge in [0.15, 0.2) is 0 Å². The molecule has 4 aromatic rings. The molecule has 0 fully saturated rings. The van der Waals surface area contributed by atoms with Crippen LogP contribution in [0.1, 0.15) is 16.9 Å². The molecule has 0 aromatic carbocycles.